The van der Waals surface area contributed by atoms with Gasteiger partial charge in [0.1, 0.15) is 0 Å². The van der Waals surface area contributed by atoms with Gasteiger partial charge in [0, 0.05) is 33.3 Å². The van der Waals surface area contributed by atoms with Crippen LogP contribution in [0.1, 0.15) is 6.42 Å². The van der Waals surface area contributed by atoms with Crippen molar-refractivity contribution < 1.29 is 30.3 Å². The quantitative estimate of drug-likeness (QED) is 0.309. The molecule has 0 unspecified atom stereocenters. The monoisotopic (exact) mass is 649 g/mol. The van der Waals surface area contributed by atoms with E-state index in [9.17, 15) is 4.79 Å². The summed E-state index contributed by atoms with van der Waals surface area (Å²) >= 11 is 4.35. The maximum atomic E-state index is 9.53. The summed E-state index contributed by atoms with van der Waals surface area (Å²) in [5.74, 6) is -0.500. The number of carboxylic acid groups (broad SMARTS) is 1. The van der Waals surface area contributed by atoms with Crippen LogP contribution in [0, 0.1) is 11.3 Å². The summed E-state index contributed by atoms with van der Waals surface area (Å²) in [6.45, 7) is 0. The molecule has 0 saturated heterocycles. The smallest absolute Gasteiger partial charge is 0.301 e. The van der Waals surface area contributed by atoms with Crippen molar-refractivity contribution in [2.75, 3.05) is 5.75 Å². The molecular formula is C26H25NO3PReS-2. The van der Waals surface area contributed by atoms with Crippen LogP contribution in [-0.4, -0.2) is 16.8 Å². The molecule has 3 aromatic rings. The van der Waals surface area contributed by atoms with Crippen molar-refractivity contribution in [1.82, 2.24) is 0 Å². The molecule has 0 heterocycles. The van der Waals surface area contributed by atoms with Crippen molar-refractivity contribution in [2.24, 2.45) is 0 Å². The van der Waals surface area contributed by atoms with Crippen molar-refractivity contribution in [3.8, 4) is 0 Å². The molecule has 1 N–H and O–H groups in total. The van der Waals surface area contributed by atoms with E-state index in [1.165, 1.54) is 15.9 Å². The molecule has 3 aromatic carbocycles. The molecule has 0 amide bonds. The Morgan fingerprint density at radius 1 is 0.697 bits per heavy atom. The van der Waals surface area contributed by atoms with Gasteiger partial charge in [0.05, 0.1) is 0 Å². The van der Waals surface area contributed by atoms with E-state index in [-0.39, 0.29) is 26.8 Å². The zero-order valence-electron chi connectivity index (χ0n) is 17.9. The normalized spacial score (nSPS) is 10.4. The second-order valence-corrected chi connectivity index (χ2v) is 8.78. The van der Waals surface area contributed by atoms with E-state index in [1.807, 2.05) is 30.7 Å². The number of allylic oxidation sites excluding steroid dienone is 4. The van der Waals surface area contributed by atoms with Gasteiger partial charge in [0.2, 0.25) is 0 Å². The van der Waals surface area contributed by atoms with E-state index < -0.39 is 13.9 Å². The molecule has 7 heteroatoms. The van der Waals surface area contributed by atoms with Gasteiger partial charge in [-0.1, -0.05) is 115 Å². The molecule has 33 heavy (non-hydrogen) atoms. The zero-order valence-corrected chi connectivity index (χ0v) is 22.3. The number of hydrogen-bond donors (Lipinski definition) is 1. The van der Waals surface area contributed by atoms with Gasteiger partial charge in [-0.05, 0) is 23.8 Å². The van der Waals surface area contributed by atoms with E-state index >= 15 is 0 Å². The first kappa shape index (κ1) is 30.7. The average molecular weight is 649 g/mol. The summed E-state index contributed by atoms with van der Waals surface area (Å²) in [4.78, 5) is 16.8. The van der Waals surface area contributed by atoms with E-state index in [0.717, 1.165) is 0 Å². The average Bonchev–Trinajstić information content (AvgIpc) is 3.44. The number of nitrogens with zero attached hydrogens (tertiary/aromatic N) is 1. The van der Waals surface area contributed by atoms with Crippen molar-refractivity contribution >= 4 is 42.4 Å². The molecule has 0 atom stereocenters. The van der Waals surface area contributed by atoms with Gasteiger partial charge in [-0.25, -0.2) is 0 Å². The van der Waals surface area contributed by atoms with Gasteiger partial charge in [-0.15, -0.1) is 0 Å². The zero-order chi connectivity index (χ0) is 23.4. The molecular weight excluding hydrogens is 624 g/mol. The van der Waals surface area contributed by atoms with Crippen LogP contribution in [-0.2, 0) is 37.8 Å². The predicted molar refractivity (Wildman–Crippen MR) is 139 cm³/mol. The molecule has 4 rings (SSSR count). The second kappa shape index (κ2) is 20.3. The Kier molecular flexibility index (Phi) is 18.8. The topological polar surface area (TPSA) is 76.7 Å². The second-order valence-electron chi connectivity index (χ2n) is 6.15. The van der Waals surface area contributed by atoms with Crippen LogP contribution in [0.2, 0.25) is 0 Å². The maximum absolute atomic E-state index is 9.53. The number of aliphatic carboxylic acids is 1. The first-order chi connectivity index (χ1) is 15.7. The Hall–Kier alpha value is -2.35. The van der Waals surface area contributed by atoms with Crippen LogP contribution in [0.3, 0.4) is 0 Å². The molecule has 0 spiro atoms. The number of carbonyl (C=O) groups is 1. The van der Waals surface area contributed by atoms with Gasteiger partial charge in [0.15, 0.2) is 0 Å². The first-order valence-corrected chi connectivity index (χ1v) is 11.7. The Labute approximate surface area is 216 Å². The summed E-state index contributed by atoms with van der Waals surface area (Å²) in [6.07, 6.45) is 10.1. The van der Waals surface area contributed by atoms with Gasteiger partial charge in [-0.2, -0.15) is 5.75 Å². The number of benzene rings is 3. The molecule has 0 aliphatic heterocycles. The van der Waals surface area contributed by atoms with Crippen molar-refractivity contribution in [3.05, 3.63) is 132 Å². The van der Waals surface area contributed by atoms with Crippen molar-refractivity contribution in [2.45, 2.75) is 6.42 Å². The Morgan fingerprint density at radius 2 is 1.03 bits per heavy atom. The third-order valence-corrected chi connectivity index (χ3v) is 6.56. The van der Waals surface area contributed by atoms with Gasteiger partial charge in [-0.3, -0.25) is 4.79 Å². The number of rotatable bonds is 5. The third-order valence-electron chi connectivity index (χ3n) is 3.91. The summed E-state index contributed by atoms with van der Waals surface area (Å²) in [7, 11) is -0.446. The first-order valence-electron chi connectivity index (χ1n) is 9.82. The van der Waals surface area contributed by atoms with Crippen molar-refractivity contribution in [1.29, 1.82) is 0 Å². The number of nitroso groups, excluding NO2 is 1. The van der Waals surface area contributed by atoms with Gasteiger partial charge >= 0.3 is 5.97 Å². The fourth-order valence-electron chi connectivity index (χ4n) is 2.59. The molecule has 0 fully saturated rings. The summed E-state index contributed by atoms with van der Waals surface area (Å²) in [6, 6.07) is 32.3. The minimum atomic E-state index is -0.815. The van der Waals surface area contributed by atoms with Gasteiger partial charge in [0.25, 0.3) is 0 Å². The van der Waals surface area contributed by atoms with E-state index in [0.29, 0.717) is 5.75 Å². The molecule has 0 aromatic heterocycles. The predicted octanol–water partition coefficient (Wildman–Crippen LogP) is 5.09. The number of hydrogen-bond acceptors (Lipinski definition) is 3. The molecule has 0 saturated carbocycles. The largest absolute Gasteiger partial charge is 0.792 e. The third kappa shape index (κ3) is 13.1. The molecule has 4 nitrogen and oxygen atoms in total. The summed E-state index contributed by atoms with van der Waals surface area (Å²) in [5, 5.41) is 12.0. The molecule has 2 radical (unpaired) electrons. The van der Waals surface area contributed by atoms with E-state index in [1.54, 1.807) is 0 Å². The summed E-state index contributed by atoms with van der Waals surface area (Å²) in [5.41, 5.74) is 5.75. The van der Waals surface area contributed by atoms with Gasteiger partial charge < -0.3 is 28.2 Å². The van der Waals surface area contributed by atoms with Crippen LogP contribution in [0.4, 0.5) is 0 Å². The fraction of sp³-hybridized carbons (Fsp3) is 0.0769. The Balaban J connectivity index is 0.000000607. The van der Waals surface area contributed by atoms with Crippen molar-refractivity contribution in [3.63, 3.8) is 0 Å². The van der Waals surface area contributed by atoms with E-state index in [4.69, 9.17) is 15.6 Å². The minimum Gasteiger partial charge on any atom is -0.792 e. The van der Waals surface area contributed by atoms with Crippen LogP contribution < -0.4 is 15.9 Å². The van der Waals surface area contributed by atoms with E-state index in [2.05, 4.69) is 104 Å². The van der Waals surface area contributed by atoms with Crippen LogP contribution in [0.15, 0.2) is 115 Å². The molecule has 172 valence electrons. The van der Waals surface area contributed by atoms with Crippen LogP contribution >= 0.6 is 7.92 Å². The standard InChI is InChI=1S/C18H15P.C5H5.C3H6O2S.NO.Re/c1-4-10-16(11-5-1)19(17-12-6-2-7-13-17)18-14-8-3-9-15-18;1-2-4-5-3-1;4-3(5)1-2-6;1-2;/h1-15H;1-5H;6H,1-2H2,(H,4,5);;/q;;;-1;/p-1. The summed E-state index contributed by atoms with van der Waals surface area (Å²) < 4.78 is 0. The fourth-order valence-corrected chi connectivity index (χ4v) is 5.07. The number of carboxylic acids is 1. The maximum Gasteiger partial charge on any atom is 0.301 e. The molecule has 0 bridgehead atoms. The Morgan fingerprint density at radius 3 is 1.21 bits per heavy atom. The SMILES string of the molecule is O=C(O)CC[S-].[CH]1C=CC=C1.[N-]=O.[Re].c1ccc(P(c2ccccc2)c2ccccc2)cc1. The van der Waals surface area contributed by atoms with Crippen LogP contribution in [0.5, 0.6) is 0 Å². The molecule has 1 aliphatic rings. The Bertz CT molecular complexity index is 838. The molecule has 1 aliphatic carbocycles. The minimum absolute atomic E-state index is 0. The van der Waals surface area contributed by atoms with Crippen LogP contribution in [0.25, 0.3) is 5.59 Å².